The molecule has 1 aliphatic heterocycles. The Balaban J connectivity index is 1.81. The van der Waals surface area contributed by atoms with Crippen LogP contribution in [-0.2, 0) is 9.53 Å². The third-order valence-electron chi connectivity index (χ3n) is 8.13. The molecule has 1 fully saturated rings. The van der Waals surface area contributed by atoms with Gasteiger partial charge in [0.1, 0.15) is 11.2 Å². The number of rotatable bonds is 14. The number of hydrogen-bond acceptors (Lipinski definition) is 5. The van der Waals surface area contributed by atoms with Crippen LogP contribution < -0.4 is 10.1 Å². The SMILES string of the molecule is CCCC(NC(=O)N1C(=O)C(CC)(CC)[C@@H]1Oc1ccc([C@H](COC)N(C)CCC)cc1)c1ccc(C)cc1. The third-order valence-corrected chi connectivity index (χ3v) is 8.13. The normalized spacial score (nSPS) is 18.0. The van der Waals surface area contributed by atoms with Crippen molar-refractivity contribution in [2.75, 3.05) is 27.3 Å². The zero-order chi connectivity index (χ0) is 28.6. The number of aryl methyl sites for hydroxylation is 1. The summed E-state index contributed by atoms with van der Waals surface area (Å²) in [6.45, 7) is 11.8. The molecule has 214 valence electrons. The number of amides is 3. The van der Waals surface area contributed by atoms with Crippen LogP contribution in [-0.4, -0.2) is 55.3 Å². The number of β-lactam (4-membered cyclic amide) rings is 1. The number of hydrogen-bond donors (Lipinski definition) is 1. The first-order valence-electron chi connectivity index (χ1n) is 14.4. The Kier molecular flexibility index (Phi) is 11.0. The minimum absolute atomic E-state index is 0.138. The molecule has 2 aromatic carbocycles. The fraction of sp³-hybridized carbons (Fsp3) is 0.562. The lowest BCUT2D eigenvalue weighted by molar-refractivity contribution is -0.191. The van der Waals surface area contributed by atoms with Crippen molar-refractivity contribution in [2.24, 2.45) is 5.41 Å². The maximum Gasteiger partial charge on any atom is 0.327 e. The Labute approximate surface area is 234 Å². The summed E-state index contributed by atoms with van der Waals surface area (Å²) >= 11 is 0. The van der Waals surface area contributed by atoms with E-state index in [1.165, 1.54) is 10.5 Å². The monoisotopic (exact) mass is 537 g/mol. The summed E-state index contributed by atoms with van der Waals surface area (Å²) in [7, 11) is 3.82. The molecule has 1 saturated heterocycles. The third kappa shape index (κ3) is 6.64. The van der Waals surface area contributed by atoms with E-state index in [9.17, 15) is 9.59 Å². The van der Waals surface area contributed by atoms with Crippen molar-refractivity contribution in [3.8, 4) is 5.75 Å². The fourth-order valence-corrected chi connectivity index (χ4v) is 5.57. The van der Waals surface area contributed by atoms with E-state index in [1.54, 1.807) is 7.11 Å². The quantitative estimate of drug-likeness (QED) is 0.274. The molecular formula is C32H47N3O4. The second kappa shape index (κ2) is 13.9. The molecule has 0 aromatic heterocycles. The van der Waals surface area contributed by atoms with Gasteiger partial charge in [-0.3, -0.25) is 9.69 Å². The number of likely N-dealkylation sites (N-methyl/N-ethyl adjacent to an activating group) is 1. The summed E-state index contributed by atoms with van der Waals surface area (Å²) in [4.78, 5) is 30.5. The second-order valence-corrected chi connectivity index (χ2v) is 10.7. The number of likely N-dealkylation sites (tertiary alicyclic amines) is 1. The molecule has 7 nitrogen and oxygen atoms in total. The molecule has 1 heterocycles. The molecular weight excluding hydrogens is 490 g/mol. The summed E-state index contributed by atoms with van der Waals surface area (Å²) in [5.74, 6) is 0.463. The van der Waals surface area contributed by atoms with Crippen LogP contribution in [0, 0.1) is 12.3 Å². The first-order chi connectivity index (χ1) is 18.8. The van der Waals surface area contributed by atoms with Gasteiger partial charge < -0.3 is 14.8 Å². The predicted molar refractivity (Wildman–Crippen MR) is 156 cm³/mol. The van der Waals surface area contributed by atoms with E-state index in [4.69, 9.17) is 9.47 Å². The molecule has 0 saturated carbocycles. The molecule has 3 atom stereocenters. The van der Waals surface area contributed by atoms with Crippen molar-refractivity contribution < 1.29 is 19.1 Å². The molecule has 0 spiro atoms. The van der Waals surface area contributed by atoms with Gasteiger partial charge in [0.25, 0.3) is 0 Å². The van der Waals surface area contributed by atoms with Crippen LogP contribution in [0.3, 0.4) is 0 Å². The van der Waals surface area contributed by atoms with Gasteiger partial charge >= 0.3 is 6.03 Å². The van der Waals surface area contributed by atoms with E-state index < -0.39 is 17.7 Å². The number of carbonyl (C=O) groups is 2. The van der Waals surface area contributed by atoms with E-state index in [1.807, 2.05) is 69.3 Å². The van der Waals surface area contributed by atoms with Crippen LogP contribution in [0.2, 0.25) is 0 Å². The maximum atomic E-state index is 13.5. The second-order valence-electron chi connectivity index (χ2n) is 10.7. The highest BCUT2D eigenvalue weighted by molar-refractivity contribution is 6.03. The molecule has 1 aliphatic rings. The molecule has 0 bridgehead atoms. The van der Waals surface area contributed by atoms with Crippen LogP contribution in [0.25, 0.3) is 0 Å². The zero-order valence-corrected chi connectivity index (χ0v) is 24.8. The lowest BCUT2D eigenvalue weighted by Gasteiger charge is -2.53. The van der Waals surface area contributed by atoms with Crippen molar-refractivity contribution in [3.05, 3.63) is 65.2 Å². The van der Waals surface area contributed by atoms with Crippen LogP contribution in [0.15, 0.2) is 48.5 Å². The molecule has 1 unspecified atom stereocenters. The topological polar surface area (TPSA) is 71.1 Å². The van der Waals surface area contributed by atoms with Gasteiger partial charge in [-0.15, -0.1) is 0 Å². The predicted octanol–water partition coefficient (Wildman–Crippen LogP) is 6.63. The smallest absolute Gasteiger partial charge is 0.327 e. The molecule has 7 heteroatoms. The van der Waals surface area contributed by atoms with Gasteiger partial charge in [-0.25, -0.2) is 9.69 Å². The van der Waals surface area contributed by atoms with Gasteiger partial charge in [0, 0.05) is 7.11 Å². The number of nitrogens with zero attached hydrogens (tertiary/aromatic N) is 2. The Hall–Kier alpha value is -2.90. The van der Waals surface area contributed by atoms with E-state index >= 15 is 0 Å². The number of imide groups is 1. The minimum Gasteiger partial charge on any atom is -0.469 e. The molecule has 3 amide bonds. The lowest BCUT2D eigenvalue weighted by Crippen LogP contribution is -2.73. The first-order valence-corrected chi connectivity index (χ1v) is 14.4. The molecule has 1 N–H and O–H groups in total. The maximum absolute atomic E-state index is 13.5. The summed E-state index contributed by atoms with van der Waals surface area (Å²) < 4.78 is 11.9. The van der Waals surface area contributed by atoms with Crippen LogP contribution >= 0.6 is 0 Å². The lowest BCUT2D eigenvalue weighted by atomic mass is 9.72. The number of methoxy groups -OCH3 is 1. The average molecular weight is 538 g/mol. The van der Waals surface area contributed by atoms with E-state index in [0.29, 0.717) is 25.2 Å². The van der Waals surface area contributed by atoms with Crippen molar-refractivity contribution in [3.63, 3.8) is 0 Å². The Morgan fingerprint density at radius 2 is 1.62 bits per heavy atom. The number of carbonyl (C=O) groups excluding carboxylic acids is 2. The highest BCUT2D eigenvalue weighted by Crippen LogP contribution is 2.46. The highest BCUT2D eigenvalue weighted by atomic mass is 16.5. The van der Waals surface area contributed by atoms with Gasteiger partial charge in [-0.05, 0) is 69.5 Å². The van der Waals surface area contributed by atoms with E-state index in [2.05, 4.69) is 31.1 Å². The number of urea groups is 1. The van der Waals surface area contributed by atoms with Gasteiger partial charge in [-0.1, -0.05) is 76.1 Å². The zero-order valence-electron chi connectivity index (χ0n) is 24.8. The van der Waals surface area contributed by atoms with Crippen molar-refractivity contribution in [2.45, 2.75) is 85.0 Å². The standard InChI is InChI=1S/C32H47N3O4/c1-8-12-27(24-15-13-23(5)14-16-24)33-31(37)35-29(36)32(10-3,11-4)30(35)39-26-19-17-25(18-20-26)28(22-38-7)34(6)21-9-2/h13-20,27-28,30H,8-12,21-22H2,1-7H3,(H,33,37)/t27?,28-,30-/m0/s1. The summed E-state index contributed by atoms with van der Waals surface area (Å²) in [6, 6.07) is 15.7. The Morgan fingerprint density at radius 1 is 1.00 bits per heavy atom. The molecule has 39 heavy (non-hydrogen) atoms. The van der Waals surface area contributed by atoms with Crippen LogP contribution in [0.1, 0.15) is 88.6 Å². The first kappa shape index (κ1) is 30.6. The minimum atomic E-state index is -0.722. The fourth-order valence-electron chi connectivity index (χ4n) is 5.57. The molecule has 0 aliphatic carbocycles. The largest absolute Gasteiger partial charge is 0.469 e. The van der Waals surface area contributed by atoms with Crippen LogP contribution in [0.4, 0.5) is 4.79 Å². The van der Waals surface area contributed by atoms with Crippen molar-refractivity contribution in [1.29, 1.82) is 0 Å². The number of benzene rings is 2. The van der Waals surface area contributed by atoms with E-state index in [0.717, 1.165) is 36.9 Å². The van der Waals surface area contributed by atoms with E-state index in [-0.39, 0.29) is 18.0 Å². The van der Waals surface area contributed by atoms with Crippen LogP contribution in [0.5, 0.6) is 5.75 Å². The number of nitrogens with one attached hydrogen (secondary N) is 1. The number of ether oxygens (including phenoxy) is 2. The van der Waals surface area contributed by atoms with Crippen molar-refractivity contribution >= 4 is 11.9 Å². The van der Waals surface area contributed by atoms with Gasteiger partial charge in [-0.2, -0.15) is 0 Å². The van der Waals surface area contributed by atoms with Crippen molar-refractivity contribution in [1.82, 2.24) is 15.1 Å². The Morgan fingerprint density at radius 3 is 2.15 bits per heavy atom. The molecule has 0 radical (unpaired) electrons. The molecule has 3 rings (SSSR count). The van der Waals surface area contributed by atoms with Gasteiger partial charge in [0.05, 0.1) is 18.7 Å². The van der Waals surface area contributed by atoms with Gasteiger partial charge in [0.15, 0.2) is 6.23 Å². The molecule has 2 aromatic rings. The van der Waals surface area contributed by atoms with Gasteiger partial charge in [0.2, 0.25) is 5.91 Å². The highest BCUT2D eigenvalue weighted by Gasteiger charge is 2.63. The average Bonchev–Trinajstić information content (AvgIpc) is 2.93. The summed E-state index contributed by atoms with van der Waals surface area (Å²) in [6.07, 6.45) is 3.29. The summed E-state index contributed by atoms with van der Waals surface area (Å²) in [5, 5.41) is 3.12. The Bertz CT molecular complexity index is 1070. The summed E-state index contributed by atoms with van der Waals surface area (Å²) in [5.41, 5.74) is 2.61.